The topological polar surface area (TPSA) is 51.2 Å². The van der Waals surface area contributed by atoms with Crippen LogP contribution in [-0.4, -0.2) is 24.6 Å². The van der Waals surface area contributed by atoms with Crippen molar-refractivity contribution in [3.8, 4) is 0 Å². The largest absolute Gasteiger partial charge is 0.469 e. The van der Waals surface area contributed by atoms with Crippen LogP contribution in [0.1, 0.15) is 42.4 Å². The van der Waals surface area contributed by atoms with Gasteiger partial charge in [0.25, 0.3) is 0 Å². The van der Waals surface area contributed by atoms with Gasteiger partial charge >= 0.3 is 5.97 Å². The number of carbonyl (C=O) groups excluding carboxylic acids is 1. The van der Waals surface area contributed by atoms with E-state index in [1.165, 1.54) is 12.0 Å². The number of nitrogens with one attached hydrogen (secondary N) is 1. The minimum absolute atomic E-state index is 0.138. The molecule has 5 heteroatoms. The monoisotopic (exact) mass is 270 g/mol. The highest BCUT2D eigenvalue weighted by molar-refractivity contribution is 7.11. The molecule has 0 fully saturated rings. The lowest BCUT2D eigenvalue weighted by Crippen LogP contribution is -2.38. The third-order valence-corrected chi connectivity index (χ3v) is 3.84. The molecule has 0 saturated carbocycles. The molecule has 1 aromatic heterocycles. The van der Waals surface area contributed by atoms with Crippen LogP contribution in [-0.2, 0) is 9.53 Å². The highest BCUT2D eigenvalue weighted by atomic mass is 32.1. The minimum Gasteiger partial charge on any atom is -0.469 e. The molecule has 0 saturated heterocycles. The molecule has 0 aliphatic carbocycles. The highest BCUT2D eigenvalue weighted by Crippen LogP contribution is 2.24. The van der Waals surface area contributed by atoms with Crippen molar-refractivity contribution in [2.24, 2.45) is 5.41 Å². The molecule has 4 nitrogen and oxygen atoms in total. The van der Waals surface area contributed by atoms with Crippen molar-refractivity contribution in [1.82, 2.24) is 10.3 Å². The van der Waals surface area contributed by atoms with Crippen LogP contribution in [0.4, 0.5) is 0 Å². The second-order valence-corrected chi connectivity index (χ2v) is 6.56. The number of aryl methyl sites for hydroxylation is 2. The standard InChI is InChI=1S/C13H22N2O2S/c1-8(11-9(2)18-10(3)15-11)14-7-13(4,5)12(16)17-6/h8,14H,7H2,1-6H3. The highest BCUT2D eigenvalue weighted by Gasteiger charge is 2.29. The van der Waals surface area contributed by atoms with E-state index in [1.807, 2.05) is 20.8 Å². The van der Waals surface area contributed by atoms with Gasteiger partial charge in [0.05, 0.1) is 23.2 Å². The van der Waals surface area contributed by atoms with Gasteiger partial charge in [0, 0.05) is 17.5 Å². The molecule has 18 heavy (non-hydrogen) atoms. The summed E-state index contributed by atoms with van der Waals surface area (Å²) < 4.78 is 4.79. The fourth-order valence-electron chi connectivity index (χ4n) is 1.80. The number of thiazole rings is 1. The summed E-state index contributed by atoms with van der Waals surface area (Å²) in [5.41, 5.74) is 0.542. The van der Waals surface area contributed by atoms with Crippen molar-refractivity contribution >= 4 is 17.3 Å². The van der Waals surface area contributed by atoms with Crippen LogP contribution < -0.4 is 5.32 Å². The van der Waals surface area contributed by atoms with E-state index in [4.69, 9.17) is 4.74 Å². The van der Waals surface area contributed by atoms with E-state index in [2.05, 4.69) is 24.1 Å². The van der Waals surface area contributed by atoms with Gasteiger partial charge in [0.1, 0.15) is 0 Å². The summed E-state index contributed by atoms with van der Waals surface area (Å²) in [6, 6.07) is 0.138. The third kappa shape index (κ3) is 3.53. The van der Waals surface area contributed by atoms with Gasteiger partial charge in [-0.05, 0) is 34.6 Å². The van der Waals surface area contributed by atoms with Crippen molar-refractivity contribution in [1.29, 1.82) is 0 Å². The van der Waals surface area contributed by atoms with E-state index in [1.54, 1.807) is 11.3 Å². The molecule has 0 aliphatic rings. The van der Waals surface area contributed by atoms with Gasteiger partial charge in [-0.3, -0.25) is 4.79 Å². The average molecular weight is 270 g/mol. The number of hydrogen-bond acceptors (Lipinski definition) is 5. The summed E-state index contributed by atoms with van der Waals surface area (Å²) in [5.74, 6) is -0.201. The number of hydrogen-bond donors (Lipinski definition) is 1. The molecule has 0 amide bonds. The Kier molecular flexibility index (Phi) is 4.87. The van der Waals surface area contributed by atoms with Crippen molar-refractivity contribution < 1.29 is 9.53 Å². The molecule has 0 bridgehead atoms. The van der Waals surface area contributed by atoms with Gasteiger partial charge in [-0.15, -0.1) is 11.3 Å². The molecular weight excluding hydrogens is 248 g/mol. The summed E-state index contributed by atoms with van der Waals surface area (Å²) in [5, 5.41) is 4.42. The van der Waals surface area contributed by atoms with E-state index >= 15 is 0 Å². The lowest BCUT2D eigenvalue weighted by atomic mass is 9.93. The lowest BCUT2D eigenvalue weighted by Gasteiger charge is -2.24. The first kappa shape index (κ1) is 15.1. The summed E-state index contributed by atoms with van der Waals surface area (Å²) in [6.07, 6.45) is 0. The maximum Gasteiger partial charge on any atom is 0.312 e. The van der Waals surface area contributed by atoms with Crippen molar-refractivity contribution in [2.45, 2.75) is 40.7 Å². The molecule has 0 aromatic carbocycles. The number of carbonyl (C=O) groups is 1. The molecule has 0 aliphatic heterocycles. The van der Waals surface area contributed by atoms with Gasteiger partial charge < -0.3 is 10.1 Å². The molecule has 1 aromatic rings. The predicted octanol–water partition coefficient (Wildman–Crippen LogP) is 2.61. The summed E-state index contributed by atoms with van der Waals surface area (Å²) in [6.45, 7) is 10.5. The van der Waals surface area contributed by atoms with Crippen molar-refractivity contribution in [3.05, 3.63) is 15.6 Å². The Bertz CT molecular complexity index is 427. The Morgan fingerprint density at radius 1 is 1.50 bits per heavy atom. The number of esters is 1. The van der Waals surface area contributed by atoms with E-state index in [9.17, 15) is 4.79 Å². The van der Waals surface area contributed by atoms with Gasteiger partial charge in [0.2, 0.25) is 0 Å². The van der Waals surface area contributed by atoms with Crippen LogP contribution in [0, 0.1) is 19.3 Å². The zero-order chi connectivity index (χ0) is 13.9. The Morgan fingerprint density at radius 2 is 2.11 bits per heavy atom. The predicted molar refractivity (Wildman–Crippen MR) is 73.8 cm³/mol. The van der Waals surface area contributed by atoms with Gasteiger partial charge in [-0.1, -0.05) is 0 Å². The van der Waals surface area contributed by atoms with E-state index in [0.717, 1.165) is 10.7 Å². The van der Waals surface area contributed by atoms with Crippen molar-refractivity contribution in [3.63, 3.8) is 0 Å². The van der Waals surface area contributed by atoms with E-state index < -0.39 is 5.41 Å². The molecule has 1 heterocycles. The second kappa shape index (κ2) is 5.80. The number of rotatable bonds is 5. The quantitative estimate of drug-likeness (QED) is 0.836. The molecular formula is C13H22N2O2S. The van der Waals surface area contributed by atoms with Crippen LogP contribution in [0.3, 0.4) is 0 Å². The summed E-state index contributed by atoms with van der Waals surface area (Å²) in [7, 11) is 1.42. The minimum atomic E-state index is -0.526. The molecule has 1 atom stereocenters. The van der Waals surface area contributed by atoms with Crippen LogP contribution in [0.2, 0.25) is 0 Å². The zero-order valence-corrected chi connectivity index (χ0v) is 12.8. The van der Waals surface area contributed by atoms with Crippen LogP contribution in [0.15, 0.2) is 0 Å². The number of methoxy groups -OCH3 is 1. The number of nitrogens with zero attached hydrogens (tertiary/aromatic N) is 1. The SMILES string of the molecule is COC(=O)C(C)(C)CNC(C)c1nc(C)sc1C. The van der Waals surface area contributed by atoms with Crippen molar-refractivity contribution in [2.75, 3.05) is 13.7 Å². The first-order valence-corrected chi connectivity index (χ1v) is 6.85. The summed E-state index contributed by atoms with van der Waals surface area (Å²) >= 11 is 1.70. The Hall–Kier alpha value is -0.940. The fourth-order valence-corrected chi connectivity index (χ4v) is 2.71. The number of ether oxygens (including phenoxy) is 1. The third-order valence-electron chi connectivity index (χ3n) is 2.94. The second-order valence-electron chi connectivity index (χ2n) is 5.15. The molecule has 0 radical (unpaired) electrons. The molecule has 102 valence electrons. The Balaban J connectivity index is 2.64. The first-order valence-electron chi connectivity index (χ1n) is 6.03. The van der Waals surface area contributed by atoms with Gasteiger partial charge in [-0.25, -0.2) is 4.98 Å². The Morgan fingerprint density at radius 3 is 2.56 bits per heavy atom. The fraction of sp³-hybridized carbons (Fsp3) is 0.692. The molecule has 1 rings (SSSR count). The molecule has 1 N–H and O–H groups in total. The lowest BCUT2D eigenvalue weighted by molar-refractivity contribution is -0.150. The maximum absolute atomic E-state index is 11.6. The van der Waals surface area contributed by atoms with Gasteiger partial charge in [0.15, 0.2) is 0 Å². The van der Waals surface area contributed by atoms with E-state index in [-0.39, 0.29) is 12.0 Å². The molecule has 0 spiro atoms. The maximum atomic E-state index is 11.6. The Labute approximate surface area is 113 Å². The molecule has 1 unspecified atom stereocenters. The zero-order valence-electron chi connectivity index (χ0n) is 12.0. The van der Waals surface area contributed by atoms with E-state index in [0.29, 0.717) is 6.54 Å². The first-order chi connectivity index (χ1) is 8.27. The van der Waals surface area contributed by atoms with Crippen LogP contribution in [0.5, 0.6) is 0 Å². The smallest absolute Gasteiger partial charge is 0.312 e. The summed E-state index contributed by atoms with van der Waals surface area (Å²) in [4.78, 5) is 17.3. The van der Waals surface area contributed by atoms with Crippen LogP contribution in [0.25, 0.3) is 0 Å². The van der Waals surface area contributed by atoms with Gasteiger partial charge in [-0.2, -0.15) is 0 Å². The van der Waals surface area contributed by atoms with Crippen LogP contribution >= 0.6 is 11.3 Å². The average Bonchev–Trinajstić information content (AvgIpc) is 2.64. The normalized spacial score (nSPS) is 13.4. The number of aromatic nitrogens is 1.